The first-order valence-electron chi connectivity index (χ1n) is 4.48. The minimum Gasteiger partial charge on any atom is -0.377 e. The van der Waals surface area contributed by atoms with Gasteiger partial charge < -0.3 is 9.47 Å². The summed E-state index contributed by atoms with van der Waals surface area (Å²) < 4.78 is 8.25. The monoisotopic (exact) mass is 322 g/mol. The molecule has 0 unspecified atom stereocenters. The molecule has 0 bridgehead atoms. The number of halogens is 2. The Kier molecular flexibility index (Phi) is 5.34. The van der Waals surface area contributed by atoms with E-state index < -0.39 is 22.8 Å². The fourth-order valence-electron chi connectivity index (χ4n) is 1.13. The molecule has 0 radical (unpaired) electrons. The van der Waals surface area contributed by atoms with E-state index in [1.54, 1.807) is 0 Å². The quantitative estimate of drug-likeness (QED) is 0.390. The van der Waals surface area contributed by atoms with Crippen LogP contribution in [0.25, 0.3) is 0 Å². The SMILES string of the molecule is O=C(Cl)OC(=O)c1cccc(C(=O)OC(=O)Cl)c1S. The van der Waals surface area contributed by atoms with E-state index in [9.17, 15) is 19.2 Å². The van der Waals surface area contributed by atoms with Crippen LogP contribution in [0.15, 0.2) is 23.1 Å². The molecule has 100 valence electrons. The van der Waals surface area contributed by atoms with Gasteiger partial charge in [-0.15, -0.1) is 12.6 Å². The van der Waals surface area contributed by atoms with Crippen LogP contribution in [0.4, 0.5) is 9.59 Å². The van der Waals surface area contributed by atoms with E-state index in [0.29, 0.717) is 0 Å². The highest BCUT2D eigenvalue weighted by atomic mass is 35.5. The summed E-state index contributed by atoms with van der Waals surface area (Å²) in [6.45, 7) is 0. The lowest BCUT2D eigenvalue weighted by Gasteiger charge is -2.07. The van der Waals surface area contributed by atoms with Gasteiger partial charge in [-0.2, -0.15) is 0 Å². The molecule has 0 saturated heterocycles. The highest BCUT2D eigenvalue weighted by molar-refractivity contribution is 7.80. The average Bonchev–Trinajstić information content (AvgIpc) is 2.26. The molecular weight excluding hydrogens is 319 g/mol. The molecule has 0 spiro atoms. The lowest BCUT2D eigenvalue weighted by atomic mass is 10.1. The number of carbonyl (C=O) groups is 4. The summed E-state index contributed by atoms with van der Waals surface area (Å²) >= 11 is 13.7. The normalized spacial score (nSPS) is 9.63. The molecule has 0 N–H and O–H groups in total. The number of thiol groups is 1. The Labute approximate surface area is 122 Å². The predicted molar refractivity (Wildman–Crippen MR) is 67.0 cm³/mol. The Morgan fingerprint density at radius 1 is 0.895 bits per heavy atom. The third kappa shape index (κ3) is 4.23. The molecular formula is C10H4Cl2O6S. The number of rotatable bonds is 2. The van der Waals surface area contributed by atoms with E-state index in [2.05, 4.69) is 22.1 Å². The lowest BCUT2D eigenvalue weighted by molar-refractivity contribution is 0.0658. The molecule has 0 saturated carbocycles. The van der Waals surface area contributed by atoms with E-state index >= 15 is 0 Å². The van der Waals surface area contributed by atoms with Gasteiger partial charge in [-0.25, -0.2) is 19.2 Å². The number of hydrogen-bond acceptors (Lipinski definition) is 7. The minimum absolute atomic E-state index is 0.145. The zero-order valence-corrected chi connectivity index (χ0v) is 11.3. The number of carbonyl (C=O) groups excluding carboxylic acids is 4. The van der Waals surface area contributed by atoms with Gasteiger partial charge >= 0.3 is 22.8 Å². The van der Waals surface area contributed by atoms with E-state index in [0.717, 1.165) is 0 Å². The topological polar surface area (TPSA) is 86.7 Å². The van der Waals surface area contributed by atoms with E-state index in [1.165, 1.54) is 18.2 Å². The van der Waals surface area contributed by atoms with Crippen LogP contribution in [-0.4, -0.2) is 22.8 Å². The summed E-state index contributed by atoms with van der Waals surface area (Å²) in [6, 6.07) is 3.78. The molecule has 0 heterocycles. The van der Waals surface area contributed by atoms with Crippen molar-refractivity contribution in [3.8, 4) is 0 Å². The van der Waals surface area contributed by atoms with Crippen LogP contribution < -0.4 is 0 Å². The third-order valence-corrected chi connectivity index (χ3v) is 2.46. The van der Waals surface area contributed by atoms with Crippen LogP contribution in [-0.2, 0) is 9.47 Å². The van der Waals surface area contributed by atoms with Crippen LogP contribution in [0, 0.1) is 0 Å². The van der Waals surface area contributed by atoms with Gasteiger partial charge in [0, 0.05) is 28.1 Å². The maximum Gasteiger partial charge on any atom is 0.411 e. The summed E-state index contributed by atoms with van der Waals surface area (Å²) in [7, 11) is 0. The van der Waals surface area contributed by atoms with Crippen LogP contribution in [0.2, 0.25) is 0 Å². The van der Waals surface area contributed by atoms with E-state index in [1.807, 2.05) is 0 Å². The van der Waals surface area contributed by atoms with Gasteiger partial charge in [0.2, 0.25) is 0 Å². The van der Waals surface area contributed by atoms with Crippen molar-refractivity contribution < 1.29 is 28.7 Å². The fourth-order valence-corrected chi connectivity index (χ4v) is 1.60. The Balaban J connectivity index is 3.11. The fraction of sp³-hybridized carbons (Fsp3) is 0. The molecule has 1 aromatic rings. The molecule has 1 rings (SSSR count). The van der Waals surface area contributed by atoms with Gasteiger partial charge in [-0.1, -0.05) is 6.07 Å². The van der Waals surface area contributed by atoms with Crippen molar-refractivity contribution in [3.05, 3.63) is 29.3 Å². The summed E-state index contributed by atoms with van der Waals surface area (Å²) in [5, 5.41) is 0. The van der Waals surface area contributed by atoms with Gasteiger partial charge in [0.25, 0.3) is 0 Å². The van der Waals surface area contributed by atoms with Gasteiger partial charge in [0.15, 0.2) is 0 Å². The minimum atomic E-state index is -1.33. The molecule has 1 aromatic carbocycles. The van der Waals surface area contributed by atoms with Crippen molar-refractivity contribution in [3.63, 3.8) is 0 Å². The summed E-state index contributed by atoms with van der Waals surface area (Å²) in [4.78, 5) is 43.7. The first-order chi connectivity index (χ1) is 8.82. The molecule has 0 atom stereocenters. The number of ether oxygens (including phenoxy) is 2. The summed E-state index contributed by atoms with van der Waals surface area (Å²) in [6.07, 6.45) is 0. The zero-order chi connectivity index (χ0) is 14.6. The Bertz CT molecular complexity index is 525. The Morgan fingerprint density at radius 3 is 1.58 bits per heavy atom. The maximum absolute atomic E-state index is 11.5. The van der Waals surface area contributed by atoms with Crippen molar-refractivity contribution in [2.24, 2.45) is 0 Å². The molecule has 0 amide bonds. The maximum atomic E-state index is 11.5. The first-order valence-corrected chi connectivity index (χ1v) is 5.68. The molecule has 6 nitrogen and oxygen atoms in total. The third-order valence-electron chi connectivity index (χ3n) is 1.82. The molecule has 0 aliphatic rings. The van der Waals surface area contributed by atoms with Gasteiger partial charge in [0.1, 0.15) is 0 Å². The van der Waals surface area contributed by atoms with Gasteiger partial charge in [-0.3, -0.25) is 0 Å². The Morgan fingerprint density at radius 2 is 1.26 bits per heavy atom. The molecule has 0 aliphatic heterocycles. The van der Waals surface area contributed by atoms with Gasteiger partial charge in [0.05, 0.1) is 11.1 Å². The smallest absolute Gasteiger partial charge is 0.377 e. The average molecular weight is 323 g/mol. The van der Waals surface area contributed by atoms with Crippen molar-refractivity contribution in [2.45, 2.75) is 4.90 Å². The second kappa shape index (κ2) is 6.55. The van der Waals surface area contributed by atoms with Crippen LogP contribution in [0.1, 0.15) is 20.7 Å². The second-order valence-corrected chi connectivity index (χ2v) is 4.02. The molecule has 9 heteroatoms. The van der Waals surface area contributed by atoms with Crippen molar-refractivity contribution in [1.82, 2.24) is 0 Å². The highest BCUT2D eigenvalue weighted by Gasteiger charge is 2.21. The Hall–Kier alpha value is -1.57. The number of esters is 2. The first kappa shape index (κ1) is 15.5. The van der Waals surface area contributed by atoms with Crippen molar-refractivity contribution in [1.29, 1.82) is 0 Å². The van der Waals surface area contributed by atoms with E-state index in [-0.39, 0.29) is 16.0 Å². The predicted octanol–water partition coefficient (Wildman–Crippen LogP) is 3.01. The molecule has 0 aliphatic carbocycles. The van der Waals surface area contributed by atoms with Crippen molar-refractivity contribution >= 4 is 58.6 Å². The largest absolute Gasteiger partial charge is 0.411 e. The standard InChI is InChI=1S/C10H4Cl2O6S/c11-9(15)17-7(13)4-2-1-3-5(6(4)19)8(14)18-10(12)16/h1-3,19H. The lowest BCUT2D eigenvalue weighted by Crippen LogP contribution is -2.12. The molecule has 19 heavy (non-hydrogen) atoms. The van der Waals surface area contributed by atoms with Gasteiger partial charge in [-0.05, 0) is 12.1 Å². The second-order valence-electron chi connectivity index (χ2n) is 2.96. The van der Waals surface area contributed by atoms with Crippen LogP contribution in [0.5, 0.6) is 0 Å². The summed E-state index contributed by atoms with van der Waals surface area (Å²) in [5.74, 6) is -2.20. The molecule has 0 aromatic heterocycles. The van der Waals surface area contributed by atoms with Crippen LogP contribution in [0.3, 0.4) is 0 Å². The zero-order valence-electron chi connectivity index (χ0n) is 8.88. The van der Waals surface area contributed by atoms with Crippen molar-refractivity contribution in [2.75, 3.05) is 0 Å². The molecule has 0 fully saturated rings. The number of benzene rings is 1. The highest BCUT2D eigenvalue weighted by Crippen LogP contribution is 2.21. The van der Waals surface area contributed by atoms with E-state index in [4.69, 9.17) is 23.2 Å². The summed E-state index contributed by atoms with van der Waals surface area (Å²) in [5.41, 5.74) is -3.06. The van der Waals surface area contributed by atoms with Crippen LogP contribution >= 0.6 is 35.8 Å². The number of hydrogen-bond donors (Lipinski definition) is 1.